The number of rotatable bonds is 5. The average molecular weight is 317 g/mol. The van der Waals surface area contributed by atoms with Crippen LogP contribution in [0, 0.1) is 6.92 Å². The molecule has 2 aromatic rings. The standard InChI is InChI=1S/C18H21ClN2O/c1-13-5-3-4-6-17(13)14(2)21-18(22)20-12-11-15-7-9-16(19)10-8-15/h3-10,14H,11-12H2,1-2H3,(H2,20,21,22)/t14-/m1/s1. The third kappa shape index (κ3) is 4.78. The molecule has 0 aliphatic rings. The molecule has 0 saturated carbocycles. The Balaban J connectivity index is 1.78. The molecule has 2 amide bonds. The monoisotopic (exact) mass is 316 g/mol. The molecule has 22 heavy (non-hydrogen) atoms. The van der Waals surface area contributed by atoms with E-state index in [-0.39, 0.29) is 12.1 Å². The Morgan fingerprint density at radius 3 is 2.50 bits per heavy atom. The van der Waals surface area contributed by atoms with E-state index in [4.69, 9.17) is 11.6 Å². The summed E-state index contributed by atoms with van der Waals surface area (Å²) in [6, 6.07) is 15.6. The molecule has 0 fully saturated rings. The van der Waals surface area contributed by atoms with Gasteiger partial charge in [0, 0.05) is 11.6 Å². The zero-order valence-electron chi connectivity index (χ0n) is 12.9. The van der Waals surface area contributed by atoms with E-state index in [9.17, 15) is 4.79 Å². The Morgan fingerprint density at radius 1 is 1.14 bits per heavy atom. The Kier molecular flexibility index (Phi) is 5.84. The highest BCUT2D eigenvalue weighted by Gasteiger charge is 2.10. The summed E-state index contributed by atoms with van der Waals surface area (Å²) in [6.45, 7) is 4.63. The summed E-state index contributed by atoms with van der Waals surface area (Å²) < 4.78 is 0. The summed E-state index contributed by atoms with van der Waals surface area (Å²) in [5.41, 5.74) is 3.46. The molecule has 0 bridgehead atoms. The summed E-state index contributed by atoms with van der Waals surface area (Å²) in [4.78, 5) is 11.9. The molecule has 0 aliphatic carbocycles. The lowest BCUT2D eigenvalue weighted by atomic mass is 10.0. The van der Waals surface area contributed by atoms with Gasteiger partial charge >= 0.3 is 6.03 Å². The number of nitrogens with one attached hydrogen (secondary N) is 2. The van der Waals surface area contributed by atoms with Gasteiger partial charge in [0.15, 0.2) is 0 Å². The molecular weight excluding hydrogens is 296 g/mol. The van der Waals surface area contributed by atoms with Crippen LogP contribution in [0.2, 0.25) is 5.02 Å². The van der Waals surface area contributed by atoms with Gasteiger partial charge in [0.25, 0.3) is 0 Å². The average Bonchev–Trinajstić information content (AvgIpc) is 2.49. The van der Waals surface area contributed by atoms with Crippen LogP contribution in [0.3, 0.4) is 0 Å². The maximum Gasteiger partial charge on any atom is 0.315 e. The number of aryl methyl sites for hydroxylation is 1. The molecule has 0 unspecified atom stereocenters. The fourth-order valence-electron chi connectivity index (χ4n) is 2.37. The van der Waals surface area contributed by atoms with Crippen molar-refractivity contribution in [3.63, 3.8) is 0 Å². The van der Waals surface area contributed by atoms with E-state index >= 15 is 0 Å². The second-order valence-electron chi connectivity index (χ2n) is 5.35. The van der Waals surface area contributed by atoms with Crippen molar-refractivity contribution in [3.05, 3.63) is 70.2 Å². The summed E-state index contributed by atoms with van der Waals surface area (Å²) in [5.74, 6) is 0. The number of benzene rings is 2. The smallest absolute Gasteiger partial charge is 0.315 e. The lowest BCUT2D eigenvalue weighted by Crippen LogP contribution is -2.38. The first-order valence-electron chi connectivity index (χ1n) is 7.40. The molecule has 0 heterocycles. The van der Waals surface area contributed by atoms with E-state index in [0.717, 1.165) is 22.6 Å². The van der Waals surface area contributed by atoms with Crippen LogP contribution >= 0.6 is 11.6 Å². The lowest BCUT2D eigenvalue weighted by Gasteiger charge is -2.17. The van der Waals surface area contributed by atoms with Crippen molar-refractivity contribution in [3.8, 4) is 0 Å². The van der Waals surface area contributed by atoms with Crippen molar-refractivity contribution in [1.29, 1.82) is 0 Å². The number of hydrogen-bond acceptors (Lipinski definition) is 1. The first-order chi connectivity index (χ1) is 10.6. The number of hydrogen-bond donors (Lipinski definition) is 2. The number of urea groups is 1. The fraction of sp³-hybridized carbons (Fsp3) is 0.278. The molecule has 0 aliphatic heterocycles. The predicted molar refractivity (Wildman–Crippen MR) is 91.3 cm³/mol. The topological polar surface area (TPSA) is 41.1 Å². The van der Waals surface area contributed by atoms with Crippen molar-refractivity contribution in [2.75, 3.05) is 6.54 Å². The first-order valence-corrected chi connectivity index (χ1v) is 7.78. The van der Waals surface area contributed by atoms with Crippen LogP contribution in [0.1, 0.15) is 29.7 Å². The quantitative estimate of drug-likeness (QED) is 0.850. The van der Waals surface area contributed by atoms with Crippen LogP contribution < -0.4 is 10.6 Å². The van der Waals surface area contributed by atoms with E-state index in [1.165, 1.54) is 5.56 Å². The number of halogens is 1. The van der Waals surface area contributed by atoms with Crippen LogP contribution in [-0.4, -0.2) is 12.6 Å². The zero-order chi connectivity index (χ0) is 15.9. The maximum atomic E-state index is 11.9. The minimum atomic E-state index is -0.148. The molecule has 116 valence electrons. The van der Waals surface area contributed by atoms with Crippen LogP contribution in [0.25, 0.3) is 0 Å². The highest BCUT2D eigenvalue weighted by molar-refractivity contribution is 6.30. The molecule has 4 heteroatoms. The third-order valence-corrected chi connectivity index (χ3v) is 3.87. The minimum Gasteiger partial charge on any atom is -0.338 e. The van der Waals surface area contributed by atoms with Crippen molar-refractivity contribution >= 4 is 17.6 Å². The van der Waals surface area contributed by atoms with Gasteiger partial charge in [0.1, 0.15) is 0 Å². The number of carbonyl (C=O) groups is 1. The minimum absolute atomic E-state index is 0.0169. The van der Waals surface area contributed by atoms with E-state index in [0.29, 0.717) is 6.54 Å². The molecule has 2 aromatic carbocycles. The second kappa shape index (κ2) is 7.85. The molecule has 0 saturated heterocycles. The first kappa shape index (κ1) is 16.4. The lowest BCUT2D eigenvalue weighted by molar-refractivity contribution is 0.238. The normalized spacial score (nSPS) is 11.8. The van der Waals surface area contributed by atoms with Gasteiger partial charge in [-0.05, 0) is 49.1 Å². The highest BCUT2D eigenvalue weighted by atomic mass is 35.5. The van der Waals surface area contributed by atoms with Crippen molar-refractivity contribution < 1.29 is 4.79 Å². The van der Waals surface area contributed by atoms with Gasteiger partial charge in [-0.15, -0.1) is 0 Å². The van der Waals surface area contributed by atoms with Crippen LogP contribution in [0.4, 0.5) is 4.79 Å². The molecule has 0 radical (unpaired) electrons. The number of carbonyl (C=O) groups excluding carboxylic acids is 1. The van der Waals surface area contributed by atoms with Gasteiger partial charge in [-0.2, -0.15) is 0 Å². The summed E-state index contributed by atoms with van der Waals surface area (Å²) >= 11 is 5.84. The zero-order valence-corrected chi connectivity index (χ0v) is 13.7. The van der Waals surface area contributed by atoms with Gasteiger partial charge in [0.2, 0.25) is 0 Å². The van der Waals surface area contributed by atoms with Crippen molar-refractivity contribution in [1.82, 2.24) is 10.6 Å². The van der Waals surface area contributed by atoms with Crippen LogP contribution in [-0.2, 0) is 6.42 Å². The van der Waals surface area contributed by atoms with Crippen molar-refractivity contribution in [2.45, 2.75) is 26.3 Å². The summed E-state index contributed by atoms with van der Waals surface area (Å²) in [6.07, 6.45) is 0.781. The van der Waals surface area contributed by atoms with Gasteiger partial charge in [-0.1, -0.05) is 48.0 Å². The van der Waals surface area contributed by atoms with Crippen molar-refractivity contribution in [2.24, 2.45) is 0 Å². The second-order valence-corrected chi connectivity index (χ2v) is 5.79. The summed E-state index contributed by atoms with van der Waals surface area (Å²) in [7, 11) is 0. The van der Waals surface area contributed by atoms with Crippen LogP contribution in [0.15, 0.2) is 48.5 Å². The van der Waals surface area contributed by atoms with E-state index < -0.39 is 0 Å². The molecule has 2 N–H and O–H groups in total. The Labute approximate surface area is 136 Å². The van der Waals surface area contributed by atoms with Gasteiger partial charge < -0.3 is 10.6 Å². The predicted octanol–water partition coefficient (Wildman–Crippen LogP) is 4.25. The van der Waals surface area contributed by atoms with Gasteiger partial charge in [0.05, 0.1) is 6.04 Å². The Bertz CT molecular complexity index is 625. The molecule has 0 spiro atoms. The van der Waals surface area contributed by atoms with Crippen LogP contribution in [0.5, 0.6) is 0 Å². The highest BCUT2D eigenvalue weighted by Crippen LogP contribution is 2.16. The Hall–Kier alpha value is -2.00. The van der Waals surface area contributed by atoms with Gasteiger partial charge in [-0.25, -0.2) is 4.79 Å². The Morgan fingerprint density at radius 2 is 1.82 bits per heavy atom. The molecular formula is C18H21ClN2O. The molecule has 1 atom stereocenters. The molecule has 3 nitrogen and oxygen atoms in total. The van der Waals surface area contributed by atoms with E-state index in [1.807, 2.05) is 62.4 Å². The fourth-order valence-corrected chi connectivity index (χ4v) is 2.50. The van der Waals surface area contributed by atoms with Gasteiger partial charge in [-0.3, -0.25) is 0 Å². The SMILES string of the molecule is Cc1ccccc1[C@@H](C)NC(=O)NCCc1ccc(Cl)cc1. The largest absolute Gasteiger partial charge is 0.338 e. The number of amides is 2. The van der Waals surface area contributed by atoms with E-state index in [2.05, 4.69) is 10.6 Å². The third-order valence-electron chi connectivity index (χ3n) is 3.62. The van der Waals surface area contributed by atoms with E-state index in [1.54, 1.807) is 0 Å². The molecule has 0 aromatic heterocycles. The summed E-state index contributed by atoms with van der Waals surface area (Å²) in [5, 5.41) is 6.57. The maximum absolute atomic E-state index is 11.9. The molecule has 2 rings (SSSR count).